The van der Waals surface area contributed by atoms with E-state index in [1.807, 2.05) is 56.3 Å². The van der Waals surface area contributed by atoms with Gasteiger partial charge in [-0.05, 0) is 73.5 Å². The number of pyridine rings is 1. The van der Waals surface area contributed by atoms with Crippen LogP contribution in [0, 0.1) is 5.82 Å². The van der Waals surface area contributed by atoms with Crippen LogP contribution in [0.1, 0.15) is 29.8 Å². The van der Waals surface area contributed by atoms with E-state index in [1.54, 1.807) is 13.2 Å². The van der Waals surface area contributed by atoms with Crippen LogP contribution < -0.4 is 10.1 Å². The van der Waals surface area contributed by atoms with Crippen LogP contribution in [0.4, 0.5) is 4.39 Å². The Labute approximate surface area is 197 Å². The van der Waals surface area contributed by atoms with Gasteiger partial charge in [-0.1, -0.05) is 18.2 Å². The molecule has 0 aliphatic carbocycles. The molecule has 172 valence electrons. The molecule has 1 heterocycles. The van der Waals surface area contributed by atoms with Crippen molar-refractivity contribution in [2.45, 2.75) is 26.3 Å². The topological polar surface area (TPSA) is 68.3 Å². The quantitative estimate of drug-likeness (QED) is 0.368. The molecular formula is C28H25FN2O3. The number of aromatic nitrogens is 1. The van der Waals surface area contributed by atoms with E-state index in [-0.39, 0.29) is 18.4 Å². The van der Waals surface area contributed by atoms with Crippen LogP contribution in [0.2, 0.25) is 0 Å². The van der Waals surface area contributed by atoms with E-state index in [2.05, 4.69) is 5.32 Å². The van der Waals surface area contributed by atoms with Gasteiger partial charge >= 0.3 is 0 Å². The third kappa shape index (κ3) is 4.96. The highest BCUT2D eigenvalue weighted by atomic mass is 19.1. The highest BCUT2D eigenvalue weighted by Gasteiger charge is 2.15. The molecule has 0 aliphatic rings. The molecule has 6 heteroatoms. The summed E-state index contributed by atoms with van der Waals surface area (Å²) >= 11 is 0. The van der Waals surface area contributed by atoms with Gasteiger partial charge < -0.3 is 10.1 Å². The maximum absolute atomic E-state index is 14.5. The second kappa shape index (κ2) is 9.83. The lowest BCUT2D eigenvalue weighted by Crippen LogP contribution is -2.31. The fourth-order valence-corrected chi connectivity index (χ4v) is 3.93. The lowest BCUT2D eigenvalue weighted by Gasteiger charge is -2.14. The minimum absolute atomic E-state index is 0.0147. The Bertz CT molecular complexity index is 1380. The fraction of sp³-hybridized carbons (Fsp3) is 0.179. The zero-order valence-corrected chi connectivity index (χ0v) is 19.3. The number of carbonyl (C=O) groups excluding carboxylic acids is 2. The van der Waals surface area contributed by atoms with Crippen molar-refractivity contribution >= 4 is 23.1 Å². The first-order valence-corrected chi connectivity index (χ1v) is 11.0. The van der Waals surface area contributed by atoms with Crippen LogP contribution in [0.5, 0.6) is 5.75 Å². The molecular weight excluding hydrogens is 431 g/mol. The molecule has 0 atom stereocenters. The summed E-state index contributed by atoms with van der Waals surface area (Å²) in [5.74, 6) is 0.168. The lowest BCUT2D eigenvalue weighted by atomic mass is 9.97. The summed E-state index contributed by atoms with van der Waals surface area (Å²) in [5.41, 5.74) is 4.34. The molecule has 1 aromatic heterocycles. The summed E-state index contributed by atoms with van der Waals surface area (Å²) in [7, 11) is 1.60. The maximum atomic E-state index is 14.5. The standard InChI is InChI=1S/C28H25FN2O3/c1-17(2)30-27(33)15-22-13-21-12-19(24-11-18(16-32)7-9-25(24)29)8-10-26(21)31-28(22)20-5-4-6-23(14-20)34-3/h4-14,16-17H,15H2,1-3H3,(H,30,33). The molecule has 0 unspecified atom stereocenters. The number of rotatable bonds is 7. The van der Waals surface area contributed by atoms with E-state index in [0.29, 0.717) is 39.9 Å². The van der Waals surface area contributed by atoms with Crippen molar-refractivity contribution in [3.05, 3.63) is 83.7 Å². The van der Waals surface area contributed by atoms with Gasteiger partial charge in [-0.2, -0.15) is 0 Å². The zero-order chi connectivity index (χ0) is 24.2. The van der Waals surface area contributed by atoms with Gasteiger partial charge in [0.25, 0.3) is 0 Å². The van der Waals surface area contributed by atoms with Gasteiger partial charge in [0, 0.05) is 28.1 Å². The fourth-order valence-electron chi connectivity index (χ4n) is 3.93. The predicted molar refractivity (Wildman–Crippen MR) is 131 cm³/mol. The minimum Gasteiger partial charge on any atom is -0.497 e. The Morgan fingerprint density at radius 3 is 2.62 bits per heavy atom. The molecule has 0 saturated carbocycles. The number of benzene rings is 3. The Morgan fingerprint density at radius 1 is 1.06 bits per heavy atom. The Hall–Kier alpha value is -4.06. The van der Waals surface area contributed by atoms with Crippen LogP contribution >= 0.6 is 0 Å². The van der Waals surface area contributed by atoms with E-state index in [1.165, 1.54) is 18.2 Å². The first kappa shape index (κ1) is 23.1. The van der Waals surface area contributed by atoms with E-state index in [4.69, 9.17) is 9.72 Å². The molecule has 4 rings (SSSR count). The normalized spacial score (nSPS) is 11.0. The van der Waals surface area contributed by atoms with Gasteiger partial charge in [-0.15, -0.1) is 0 Å². The highest BCUT2D eigenvalue weighted by Crippen LogP contribution is 2.32. The van der Waals surface area contributed by atoms with Crippen molar-refractivity contribution in [1.82, 2.24) is 10.3 Å². The zero-order valence-electron chi connectivity index (χ0n) is 19.3. The van der Waals surface area contributed by atoms with E-state index in [9.17, 15) is 14.0 Å². The minimum atomic E-state index is -0.414. The van der Waals surface area contributed by atoms with Crippen LogP contribution in [0.25, 0.3) is 33.3 Å². The van der Waals surface area contributed by atoms with Crippen molar-refractivity contribution in [1.29, 1.82) is 0 Å². The number of aldehydes is 1. The van der Waals surface area contributed by atoms with Crippen LogP contribution in [-0.2, 0) is 11.2 Å². The molecule has 4 aromatic rings. The van der Waals surface area contributed by atoms with Crippen molar-refractivity contribution in [2.75, 3.05) is 7.11 Å². The summed E-state index contributed by atoms with van der Waals surface area (Å²) in [4.78, 5) is 28.7. The second-order valence-electron chi connectivity index (χ2n) is 8.39. The summed E-state index contributed by atoms with van der Waals surface area (Å²) in [6.07, 6.45) is 0.838. The molecule has 1 N–H and O–H groups in total. The Kier molecular flexibility index (Phi) is 6.68. The number of fused-ring (bicyclic) bond motifs is 1. The van der Waals surface area contributed by atoms with Crippen LogP contribution in [0.3, 0.4) is 0 Å². The first-order valence-electron chi connectivity index (χ1n) is 11.0. The number of amides is 1. The number of nitrogens with one attached hydrogen (secondary N) is 1. The lowest BCUT2D eigenvalue weighted by molar-refractivity contribution is -0.120. The maximum Gasteiger partial charge on any atom is 0.224 e. The third-order valence-electron chi connectivity index (χ3n) is 5.48. The number of ether oxygens (including phenoxy) is 1. The van der Waals surface area contributed by atoms with Gasteiger partial charge in [-0.25, -0.2) is 9.37 Å². The largest absolute Gasteiger partial charge is 0.497 e. The molecule has 3 aromatic carbocycles. The summed E-state index contributed by atoms with van der Waals surface area (Å²) in [6.45, 7) is 3.82. The molecule has 34 heavy (non-hydrogen) atoms. The number of nitrogens with zero attached hydrogens (tertiary/aromatic N) is 1. The summed E-state index contributed by atoms with van der Waals surface area (Å²) < 4.78 is 19.9. The van der Waals surface area contributed by atoms with Gasteiger partial charge in [0.05, 0.1) is 24.7 Å². The molecule has 0 aliphatic heterocycles. The molecule has 0 spiro atoms. The monoisotopic (exact) mass is 456 g/mol. The number of methoxy groups -OCH3 is 1. The van der Waals surface area contributed by atoms with Gasteiger partial charge in [0.2, 0.25) is 5.91 Å². The number of halogens is 1. The molecule has 5 nitrogen and oxygen atoms in total. The Balaban J connectivity index is 1.86. The number of hydrogen-bond donors (Lipinski definition) is 1. The van der Waals surface area contributed by atoms with E-state index in [0.717, 1.165) is 16.5 Å². The average molecular weight is 457 g/mol. The molecule has 0 fully saturated rings. The predicted octanol–water partition coefficient (Wildman–Crippen LogP) is 5.60. The Morgan fingerprint density at radius 2 is 1.88 bits per heavy atom. The van der Waals surface area contributed by atoms with Gasteiger partial charge in [0.1, 0.15) is 17.9 Å². The average Bonchev–Trinajstić information content (AvgIpc) is 2.83. The van der Waals surface area contributed by atoms with Crippen LogP contribution in [0.15, 0.2) is 66.7 Å². The first-order chi connectivity index (χ1) is 16.4. The van der Waals surface area contributed by atoms with Crippen molar-refractivity contribution < 1.29 is 18.7 Å². The second-order valence-corrected chi connectivity index (χ2v) is 8.39. The smallest absolute Gasteiger partial charge is 0.224 e. The van der Waals surface area contributed by atoms with Gasteiger partial charge in [-0.3, -0.25) is 9.59 Å². The molecule has 0 bridgehead atoms. The van der Waals surface area contributed by atoms with E-state index < -0.39 is 5.82 Å². The van der Waals surface area contributed by atoms with Crippen molar-refractivity contribution in [3.8, 4) is 28.1 Å². The highest BCUT2D eigenvalue weighted by molar-refractivity contribution is 5.90. The number of hydrogen-bond acceptors (Lipinski definition) is 4. The summed E-state index contributed by atoms with van der Waals surface area (Å²) in [5, 5.41) is 3.69. The molecule has 0 radical (unpaired) electrons. The SMILES string of the molecule is COc1cccc(-c2nc3ccc(-c4cc(C=O)ccc4F)cc3cc2CC(=O)NC(C)C)c1. The molecule has 1 amide bonds. The van der Waals surface area contributed by atoms with Crippen molar-refractivity contribution in [3.63, 3.8) is 0 Å². The molecule has 0 saturated heterocycles. The van der Waals surface area contributed by atoms with Gasteiger partial charge in [0.15, 0.2) is 0 Å². The summed E-state index contributed by atoms with van der Waals surface area (Å²) in [6, 6.07) is 19.2. The third-order valence-corrected chi connectivity index (χ3v) is 5.48. The van der Waals surface area contributed by atoms with Crippen LogP contribution in [-0.4, -0.2) is 30.3 Å². The van der Waals surface area contributed by atoms with E-state index >= 15 is 0 Å². The number of carbonyl (C=O) groups is 2. The van der Waals surface area contributed by atoms with Crippen molar-refractivity contribution in [2.24, 2.45) is 0 Å².